The fourth-order valence-electron chi connectivity index (χ4n) is 4.15. The normalized spacial score (nSPS) is 12.2. The maximum absolute atomic E-state index is 13.4. The highest BCUT2D eigenvalue weighted by molar-refractivity contribution is 6.10. The standard InChI is InChI=1S/C27H25N5O/c1-18(20-12-6-3-7-13-20)29-27(33)23-24-26(31-22-15-9-8-14-21(22)30-24)32(25(23)28)17-16-19-10-4-2-5-11-19/h2-15,18H,16-17,28H2,1H3,(H,29,33). The van der Waals surface area contributed by atoms with Crippen LogP contribution < -0.4 is 11.1 Å². The molecule has 0 bridgehead atoms. The van der Waals surface area contributed by atoms with Crippen LogP contribution in [0.3, 0.4) is 0 Å². The van der Waals surface area contributed by atoms with Gasteiger partial charge in [0, 0.05) is 6.54 Å². The van der Waals surface area contributed by atoms with Crippen LogP contribution in [0, 0.1) is 0 Å². The van der Waals surface area contributed by atoms with Crippen molar-refractivity contribution < 1.29 is 4.79 Å². The van der Waals surface area contributed by atoms with Crippen LogP contribution in [-0.2, 0) is 13.0 Å². The minimum Gasteiger partial charge on any atom is -0.384 e. The van der Waals surface area contributed by atoms with Gasteiger partial charge in [-0.3, -0.25) is 4.79 Å². The van der Waals surface area contributed by atoms with E-state index in [1.54, 1.807) is 0 Å². The second-order valence-corrected chi connectivity index (χ2v) is 8.14. The van der Waals surface area contributed by atoms with Crippen molar-refractivity contribution >= 4 is 33.9 Å². The van der Waals surface area contributed by atoms with E-state index in [-0.39, 0.29) is 11.9 Å². The molecule has 3 aromatic carbocycles. The van der Waals surface area contributed by atoms with Gasteiger partial charge in [0.25, 0.3) is 5.91 Å². The van der Waals surface area contributed by atoms with Gasteiger partial charge in [-0.15, -0.1) is 0 Å². The Labute approximate surface area is 192 Å². The van der Waals surface area contributed by atoms with Crippen molar-refractivity contribution in [1.82, 2.24) is 19.9 Å². The summed E-state index contributed by atoms with van der Waals surface area (Å²) in [4.78, 5) is 23.0. The summed E-state index contributed by atoms with van der Waals surface area (Å²) in [7, 11) is 0. The van der Waals surface area contributed by atoms with E-state index in [9.17, 15) is 4.79 Å². The second-order valence-electron chi connectivity index (χ2n) is 8.14. The number of aryl methyl sites for hydroxylation is 2. The van der Waals surface area contributed by atoms with Gasteiger partial charge in [-0.2, -0.15) is 0 Å². The minimum atomic E-state index is -0.253. The van der Waals surface area contributed by atoms with E-state index in [4.69, 9.17) is 15.7 Å². The third kappa shape index (κ3) is 4.03. The van der Waals surface area contributed by atoms with E-state index in [0.29, 0.717) is 29.1 Å². The van der Waals surface area contributed by atoms with Crippen LogP contribution in [0.4, 0.5) is 5.82 Å². The van der Waals surface area contributed by atoms with E-state index in [1.807, 2.05) is 84.3 Å². The summed E-state index contributed by atoms with van der Waals surface area (Å²) >= 11 is 0. The summed E-state index contributed by atoms with van der Waals surface area (Å²) < 4.78 is 1.91. The Morgan fingerprint density at radius 2 is 1.52 bits per heavy atom. The summed E-state index contributed by atoms with van der Waals surface area (Å²) in [6.45, 7) is 2.56. The van der Waals surface area contributed by atoms with E-state index >= 15 is 0 Å². The van der Waals surface area contributed by atoms with Crippen LogP contribution in [0.5, 0.6) is 0 Å². The average Bonchev–Trinajstić information content (AvgIpc) is 3.12. The SMILES string of the molecule is CC(NC(=O)c1c(N)n(CCc2ccccc2)c2nc3ccccc3nc12)c1ccccc1. The number of anilines is 1. The smallest absolute Gasteiger partial charge is 0.257 e. The summed E-state index contributed by atoms with van der Waals surface area (Å²) in [5.74, 6) is 0.130. The van der Waals surface area contributed by atoms with Gasteiger partial charge in [-0.05, 0) is 36.6 Å². The fraction of sp³-hybridized carbons (Fsp3) is 0.148. The molecule has 5 rings (SSSR count). The number of rotatable bonds is 6. The van der Waals surface area contributed by atoms with E-state index in [0.717, 1.165) is 23.0 Å². The predicted molar refractivity (Wildman–Crippen MR) is 132 cm³/mol. The van der Waals surface area contributed by atoms with Crippen LogP contribution in [0.25, 0.3) is 22.2 Å². The molecule has 1 amide bonds. The van der Waals surface area contributed by atoms with Crippen molar-refractivity contribution in [2.75, 3.05) is 5.73 Å². The molecule has 2 heterocycles. The molecule has 0 aliphatic heterocycles. The Morgan fingerprint density at radius 3 is 2.21 bits per heavy atom. The highest BCUT2D eigenvalue weighted by Gasteiger charge is 2.25. The lowest BCUT2D eigenvalue weighted by Gasteiger charge is -2.14. The van der Waals surface area contributed by atoms with Gasteiger partial charge in [0.15, 0.2) is 5.65 Å². The summed E-state index contributed by atoms with van der Waals surface area (Å²) in [6.07, 6.45) is 0.769. The van der Waals surface area contributed by atoms with E-state index in [1.165, 1.54) is 5.56 Å². The van der Waals surface area contributed by atoms with Gasteiger partial charge >= 0.3 is 0 Å². The molecule has 0 saturated heterocycles. The molecule has 1 atom stereocenters. The first-order valence-corrected chi connectivity index (χ1v) is 11.1. The first-order valence-electron chi connectivity index (χ1n) is 11.1. The first kappa shape index (κ1) is 20.7. The van der Waals surface area contributed by atoms with Crippen LogP contribution >= 0.6 is 0 Å². The maximum atomic E-state index is 13.4. The zero-order valence-corrected chi connectivity index (χ0v) is 18.4. The molecule has 6 heteroatoms. The second kappa shape index (κ2) is 8.74. The van der Waals surface area contributed by atoms with Crippen molar-refractivity contribution in [1.29, 1.82) is 0 Å². The summed E-state index contributed by atoms with van der Waals surface area (Å²) in [5.41, 5.74) is 11.8. The average molecular weight is 436 g/mol. The molecule has 0 radical (unpaired) electrons. The molecule has 6 nitrogen and oxygen atoms in total. The monoisotopic (exact) mass is 435 g/mol. The number of aromatic nitrogens is 3. The number of carbonyl (C=O) groups is 1. The van der Waals surface area contributed by atoms with Gasteiger partial charge < -0.3 is 15.6 Å². The Kier molecular flexibility index (Phi) is 5.48. The van der Waals surface area contributed by atoms with Gasteiger partial charge in [-0.25, -0.2) is 9.97 Å². The van der Waals surface area contributed by atoms with Gasteiger partial charge in [0.1, 0.15) is 16.9 Å². The lowest BCUT2D eigenvalue weighted by Crippen LogP contribution is -2.27. The molecule has 164 valence electrons. The number of nitrogens with two attached hydrogens (primary N) is 1. The molecule has 0 saturated carbocycles. The van der Waals surface area contributed by atoms with Crippen molar-refractivity contribution in [2.24, 2.45) is 0 Å². The largest absolute Gasteiger partial charge is 0.384 e. The number of fused-ring (bicyclic) bond motifs is 2. The molecular formula is C27H25N5O. The number of nitrogens with one attached hydrogen (secondary N) is 1. The molecule has 0 aliphatic carbocycles. The quantitative estimate of drug-likeness (QED) is 0.397. The van der Waals surface area contributed by atoms with Crippen molar-refractivity contribution in [3.63, 3.8) is 0 Å². The van der Waals surface area contributed by atoms with Crippen molar-refractivity contribution in [3.8, 4) is 0 Å². The number of para-hydroxylation sites is 2. The Morgan fingerprint density at radius 1 is 0.909 bits per heavy atom. The van der Waals surface area contributed by atoms with Crippen LogP contribution in [0.2, 0.25) is 0 Å². The van der Waals surface area contributed by atoms with E-state index < -0.39 is 0 Å². The topological polar surface area (TPSA) is 85.8 Å². The van der Waals surface area contributed by atoms with Gasteiger partial charge in [0.05, 0.1) is 17.1 Å². The number of nitrogens with zero attached hydrogens (tertiary/aromatic N) is 3. The minimum absolute atomic E-state index is 0.172. The highest BCUT2D eigenvalue weighted by atomic mass is 16.1. The third-order valence-corrected chi connectivity index (χ3v) is 5.93. The number of carbonyl (C=O) groups excluding carboxylic acids is 1. The molecule has 5 aromatic rings. The summed E-state index contributed by atoms with van der Waals surface area (Å²) in [6, 6.07) is 27.5. The highest BCUT2D eigenvalue weighted by Crippen LogP contribution is 2.29. The predicted octanol–water partition coefficient (Wildman–Crippen LogP) is 4.90. The molecule has 0 spiro atoms. The first-order chi connectivity index (χ1) is 16.1. The van der Waals surface area contributed by atoms with Gasteiger partial charge in [-0.1, -0.05) is 72.8 Å². The third-order valence-electron chi connectivity index (χ3n) is 5.93. The number of hydrogen-bond donors (Lipinski definition) is 2. The number of benzene rings is 3. The zero-order valence-electron chi connectivity index (χ0n) is 18.4. The lowest BCUT2D eigenvalue weighted by molar-refractivity contribution is 0.0942. The van der Waals surface area contributed by atoms with Crippen LogP contribution in [0.1, 0.15) is 34.5 Å². The number of hydrogen-bond acceptors (Lipinski definition) is 4. The van der Waals surface area contributed by atoms with Gasteiger partial charge in [0.2, 0.25) is 0 Å². The van der Waals surface area contributed by atoms with Crippen molar-refractivity contribution in [2.45, 2.75) is 25.9 Å². The number of nitrogen functional groups attached to an aromatic ring is 1. The molecule has 0 fully saturated rings. The molecular weight excluding hydrogens is 410 g/mol. The zero-order chi connectivity index (χ0) is 22.8. The number of amides is 1. The molecule has 2 aromatic heterocycles. The Balaban J connectivity index is 1.57. The Hall–Kier alpha value is -4.19. The lowest BCUT2D eigenvalue weighted by atomic mass is 10.1. The van der Waals surface area contributed by atoms with Crippen LogP contribution in [0.15, 0.2) is 84.9 Å². The fourth-order valence-corrected chi connectivity index (χ4v) is 4.15. The molecule has 0 aliphatic rings. The van der Waals surface area contributed by atoms with E-state index in [2.05, 4.69) is 17.4 Å². The van der Waals surface area contributed by atoms with Crippen LogP contribution in [-0.4, -0.2) is 20.4 Å². The molecule has 33 heavy (non-hydrogen) atoms. The Bertz CT molecular complexity index is 1430. The molecule has 3 N–H and O–H groups in total. The van der Waals surface area contributed by atoms with Crippen molar-refractivity contribution in [3.05, 3.63) is 102 Å². The summed E-state index contributed by atoms with van der Waals surface area (Å²) in [5, 5.41) is 3.08. The molecule has 1 unspecified atom stereocenters. The maximum Gasteiger partial charge on any atom is 0.257 e.